The number of ether oxygens (including phenoxy) is 1. The van der Waals surface area contributed by atoms with Gasteiger partial charge in [-0.25, -0.2) is 13.2 Å². The highest BCUT2D eigenvalue weighted by Gasteiger charge is 2.47. The molecule has 41 heavy (non-hydrogen) atoms. The van der Waals surface area contributed by atoms with Crippen molar-refractivity contribution in [3.63, 3.8) is 0 Å². The summed E-state index contributed by atoms with van der Waals surface area (Å²) < 4.78 is 41.0. The van der Waals surface area contributed by atoms with E-state index in [1.54, 1.807) is 9.21 Å². The molecule has 0 saturated carbocycles. The molecule has 0 aliphatic carbocycles. The predicted molar refractivity (Wildman–Crippen MR) is 156 cm³/mol. The number of sulfonamides is 1. The van der Waals surface area contributed by atoms with E-state index >= 15 is 0 Å². The Morgan fingerprint density at radius 1 is 1.00 bits per heavy atom. The maximum atomic E-state index is 14.1. The van der Waals surface area contributed by atoms with Crippen molar-refractivity contribution in [3.05, 3.63) is 83.5 Å². The molecular formula is C31H40N4O5S. The highest BCUT2D eigenvalue weighted by atomic mass is 32.2. The fourth-order valence-corrected chi connectivity index (χ4v) is 7.84. The highest BCUT2D eigenvalue weighted by molar-refractivity contribution is 7.89. The van der Waals surface area contributed by atoms with Gasteiger partial charge in [-0.15, -0.1) is 0 Å². The second-order valence-electron chi connectivity index (χ2n) is 12.0. The third-order valence-electron chi connectivity index (χ3n) is 7.85. The molecule has 0 radical (unpaired) electrons. The number of aromatic nitrogens is 2. The first-order valence-electron chi connectivity index (χ1n) is 14.5. The average Bonchev–Trinajstić information content (AvgIpc) is 3.61. The number of rotatable bonds is 8. The van der Waals surface area contributed by atoms with E-state index in [2.05, 4.69) is 22.3 Å². The molecule has 2 aromatic carbocycles. The van der Waals surface area contributed by atoms with Crippen molar-refractivity contribution in [2.75, 3.05) is 19.6 Å². The number of nitrogens with zero attached hydrogens (tertiary/aromatic N) is 4. The lowest BCUT2D eigenvalue weighted by atomic mass is 9.96. The Kier molecular flexibility index (Phi) is 8.79. The van der Waals surface area contributed by atoms with Gasteiger partial charge in [0.05, 0.1) is 5.25 Å². The monoisotopic (exact) mass is 580 g/mol. The van der Waals surface area contributed by atoms with Crippen LogP contribution in [0.1, 0.15) is 81.3 Å². The van der Waals surface area contributed by atoms with Crippen LogP contribution in [-0.2, 0) is 27.6 Å². The van der Waals surface area contributed by atoms with Gasteiger partial charge in [0.1, 0.15) is 11.6 Å². The van der Waals surface area contributed by atoms with Gasteiger partial charge < -0.3 is 14.2 Å². The zero-order valence-corrected chi connectivity index (χ0v) is 24.9. The summed E-state index contributed by atoms with van der Waals surface area (Å²) in [6, 6.07) is 19.7. The lowest BCUT2D eigenvalue weighted by molar-refractivity contribution is 0.0216. The smallest absolute Gasteiger partial charge is 0.410 e. The maximum absolute atomic E-state index is 14.1. The molecule has 2 atom stereocenters. The first-order valence-corrected chi connectivity index (χ1v) is 16.0. The number of hydrogen-bond acceptors (Lipinski definition) is 7. The fourth-order valence-electron chi connectivity index (χ4n) is 5.73. The van der Waals surface area contributed by atoms with Gasteiger partial charge in [-0.1, -0.05) is 65.8 Å². The molecule has 2 aliphatic heterocycles. The van der Waals surface area contributed by atoms with E-state index in [0.29, 0.717) is 57.0 Å². The van der Waals surface area contributed by atoms with Gasteiger partial charge in [0, 0.05) is 26.1 Å². The van der Waals surface area contributed by atoms with Crippen molar-refractivity contribution < 1.29 is 22.5 Å². The van der Waals surface area contributed by atoms with Gasteiger partial charge in [0.15, 0.2) is 5.82 Å². The molecule has 2 aliphatic rings. The summed E-state index contributed by atoms with van der Waals surface area (Å²) in [5.41, 5.74) is 1.75. The van der Waals surface area contributed by atoms with Gasteiger partial charge >= 0.3 is 6.09 Å². The Bertz CT molecular complexity index is 1400. The quantitative estimate of drug-likeness (QED) is 0.346. The Morgan fingerprint density at radius 2 is 1.66 bits per heavy atom. The van der Waals surface area contributed by atoms with Crippen molar-refractivity contribution >= 4 is 16.1 Å². The van der Waals surface area contributed by atoms with Crippen LogP contribution in [0, 0.1) is 0 Å². The lowest BCUT2D eigenvalue weighted by Crippen LogP contribution is -2.47. The Morgan fingerprint density at radius 3 is 2.32 bits per heavy atom. The lowest BCUT2D eigenvalue weighted by Gasteiger charge is -2.35. The van der Waals surface area contributed by atoms with Crippen LogP contribution in [0.5, 0.6) is 0 Å². The molecular weight excluding hydrogens is 540 g/mol. The van der Waals surface area contributed by atoms with Crippen LogP contribution in [0.15, 0.2) is 65.2 Å². The molecule has 0 unspecified atom stereocenters. The number of amides is 1. The molecule has 0 N–H and O–H groups in total. The van der Waals surface area contributed by atoms with E-state index < -0.39 is 33.0 Å². The molecule has 1 aromatic heterocycles. The Balaban J connectivity index is 1.30. The number of benzene rings is 2. The summed E-state index contributed by atoms with van der Waals surface area (Å²) in [7, 11) is -3.70. The van der Waals surface area contributed by atoms with E-state index in [-0.39, 0.29) is 5.92 Å². The van der Waals surface area contributed by atoms with Crippen LogP contribution in [0.25, 0.3) is 0 Å². The Labute approximate surface area is 242 Å². The third kappa shape index (κ3) is 7.16. The first kappa shape index (κ1) is 29.3. The molecule has 5 rings (SSSR count). The standard InChI is InChI=1S/C31H40N4O5S/c1-31(2,3)39-30(36)34-19-17-26(18-20-34)41(37,38)35-22-25(24-14-8-5-9-15-24)21-27(35)29-32-28(33-40-29)16-10-13-23-11-6-4-7-12-23/h4-9,11-12,14-15,25-27H,10,13,16-22H2,1-3H3/t25-,27+/m1/s1. The van der Waals surface area contributed by atoms with E-state index in [0.717, 1.165) is 18.4 Å². The van der Waals surface area contributed by atoms with Gasteiger partial charge in [-0.05, 0) is 69.9 Å². The van der Waals surface area contributed by atoms with Crippen LogP contribution in [-0.4, -0.2) is 64.3 Å². The Hall–Kier alpha value is -3.24. The molecule has 3 aromatic rings. The van der Waals surface area contributed by atoms with Crippen LogP contribution < -0.4 is 0 Å². The molecule has 0 spiro atoms. The van der Waals surface area contributed by atoms with Gasteiger partial charge in [-0.2, -0.15) is 9.29 Å². The van der Waals surface area contributed by atoms with Crippen molar-refractivity contribution in [2.24, 2.45) is 0 Å². The van der Waals surface area contributed by atoms with Crippen molar-refractivity contribution in [3.8, 4) is 0 Å². The number of carbonyl (C=O) groups excluding carboxylic acids is 1. The summed E-state index contributed by atoms with van der Waals surface area (Å²) >= 11 is 0. The molecule has 220 valence electrons. The van der Waals surface area contributed by atoms with E-state index in [1.807, 2.05) is 69.3 Å². The van der Waals surface area contributed by atoms with Crippen molar-refractivity contribution in [2.45, 2.75) is 82.1 Å². The zero-order chi connectivity index (χ0) is 29.0. The molecule has 1 amide bonds. The summed E-state index contributed by atoms with van der Waals surface area (Å²) in [6.07, 6.45) is 3.33. The molecule has 10 heteroatoms. The summed E-state index contributed by atoms with van der Waals surface area (Å²) in [4.78, 5) is 18.8. The van der Waals surface area contributed by atoms with Crippen LogP contribution in [0.3, 0.4) is 0 Å². The third-order valence-corrected chi connectivity index (χ3v) is 10.2. The minimum absolute atomic E-state index is 0.0197. The maximum Gasteiger partial charge on any atom is 0.410 e. The predicted octanol–water partition coefficient (Wildman–Crippen LogP) is 5.50. The van der Waals surface area contributed by atoms with E-state index in [9.17, 15) is 13.2 Å². The second-order valence-corrected chi connectivity index (χ2v) is 14.2. The van der Waals surface area contributed by atoms with E-state index in [1.165, 1.54) is 5.56 Å². The molecule has 2 fully saturated rings. The first-order chi connectivity index (χ1) is 19.6. The number of carbonyl (C=O) groups is 1. The zero-order valence-electron chi connectivity index (χ0n) is 24.1. The molecule has 2 saturated heterocycles. The summed E-state index contributed by atoms with van der Waals surface area (Å²) in [5.74, 6) is 0.973. The van der Waals surface area contributed by atoms with Crippen molar-refractivity contribution in [1.82, 2.24) is 19.3 Å². The number of piperidine rings is 1. The fraction of sp³-hybridized carbons (Fsp3) is 0.516. The minimum Gasteiger partial charge on any atom is -0.444 e. The molecule has 9 nitrogen and oxygen atoms in total. The molecule has 3 heterocycles. The van der Waals surface area contributed by atoms with Crippen molar-refractivity contribution in [1.29, 1.82) is 0 Å². The summed E-state index contributed by atoms with van der Waals surface area (Å²) in [5, 5.41) is 3.62. The van der Waals surface area contributed by atoms with Gasteiger partial charge in [0.2, 0.25) is 15.9 Å². The van der Waals surface area contributed by atoms with Crippen LogP contribution in [0.2, 0.25) is 0 Å². The normalized spacial score (nSPS) is 20.8. The average molecular weight is 581 g/mol. The number of likely N-dealkylation sites (tertiary alicyclic amines) is 1. The largest absolute Gasteiger partial charge is 0.444 e. The topological polar surface area (TPSA) is 106 Å². The van der Waals surface area contributed by atoms with Gasteiger partial charge in [0.25, 0.3) is 0 Å². The van der Waals surface area contributed by atoms with E-state index in [4.69, 9.17) is 9.26 Å². The summed E-state index contributed by atoms with van der Waals surface area (Å²) in [6.45, 7) is 6.51. The number of aryl methyl sites for hydroxylation is 2. The number of hydrogen-bond donors (Lipinski definition) is 0. The van der Waals surface area contributed by atoms with Gasteiger partial charge in [-0.3, -0.25) is 0 Å². The molecule has 0 bridgehead atoms. The minimum atomic E-state index is -3.70. The SMILES string of the molecule is CC(C)(C)OC(=O)N1CCC(S(=O)(=O)N2C[C@H](c3ccccc3)C[C@H]2c2nc(CCCc3ccccc3)no2)CC1. The van der Waals surface area contributed by atoms with Crippen LogP contribution >= 0.6 is 0 Å². The highest BCUT2D eigenvalue weighted by Crippen LogP contribution is 2.43. The van der Waals surface area contributed by atoms with Crippen LogP contribution in [0.4, 0.5) is 4.79 Å². The second kappa shape index (κ2) is 12.3.